The lowest BCUT2D eigenvalue weighted by atomic mass is 10.0. The van der Waals surface area contributed by atoms with Gasteiger partial charge in [-0.3, -0.25) is 4.79 Å². The van der Waals surface area contributed by atoms with Crippen LogP contribution >= 0.6 is 0 Å². The van der Waals surface area contributed by atoms with Gasteiger partial charge in [0.2, 0.25) is 0 Å². The normalized spacial score (nSPS) is 12.1. The van der Waals surface area contributed by atoms with Crippen LogP contribution in [0.3, 0.4) is 0 Å². The van der Waals surface area contributed by atoms with E-state index in [4.69, 9.17) is 4.74 Å². The predicted molar refractivity (Wildman–Crippen MR) is 70.9 cm³/mol. The lowest BCUT2D eigenvalue weighted by Gasteiger charge is -2.19. The van der Waals surface area contributed by atoms with Crippen LogP contribution in [0.5, 0.6) is 0 Å². The van der Waals surface area contributed by atoms with Crippen LogP contribution < -0.4 is 0 Å². The Labute approximate surface area is 107 Å². The highest BCUT2D eigenvalue weighted by Gasteiger charge is 2.25. The van der Waals surface area contributed by atoms with E-state index in [-0.39, 0.29) is 0 Å². The van der Waals surface area contributed by atoms with Gasteiger partial charge in [-0.05, 0) is 33.3 Å². The average molecular weight is 246 g/mol. The van der Waals surface area contributed by atoms with Crippen molar-refractivity contribution in [3.63, 3.8) is 0 Å². The lowest BCUT2D eigenvalue weighted by molar-refractivity contribution is -0.160. The smallest absolute Gasteiger partial charge is 0.380 e. The van der Waals surface area contributed by atoms with Crippen molar-refractivity contribution in [3.05, 3.63) is 42.0 Å². The number of esters is 1. The third-order valence-corrected chi connectivity index (χ3v) is 2.20. The summed E-state index contributed by atoms with van der Waals surface area (Å²) in [7, 11) is 0. The molecule has 1 aromatic carbocycles. The highest BCUT2D eigenvalue weighted by atomic mass is 16.6. The van der Waals surface area contributed by atoms with Gasteiger partial charge in [0.15, 0.2) is 0 Å². The van der Waals surface area contributed by atoms with Crippen molar-refractivity contribution in [2.24, 2.45) is 0 Å². The van der Waals surface area contributed by atoms with E-state index >= 15 is 0 Å². The Balaban J connectivity index is 2.92. The van der Waals surface area contributed by atoms with Crippen LogP contribution in [0.1, 0.15) is 33.3 Å². The summed E-state index contributed by atoms with van der Waals surface area (Å²) >= 11 is 0. The zero-order valence-electron chi connectivity index (χ0n) is 11.2. The van der Waals surface area contributed by atoms with Gasteiger partial charge in [-0.15, -0.1) is 0 Å². The van der Waals surface area contributed by atoms with Gasteiger partial charge >= 0.3 is 5.97 Å². The van der Waals surface area contributed by atoms with Crippen molar-refractivity contribution >= 4 is 17.3 Å². The van der Waals surface area contributed by atoms with E-state index in [1.165, 1.54) is 0 Å². The molecular formula is C15H18O3. The minimum Gasteiger partial charge on any atom is -0.454 e. The summed E-state index contributed by atoms with van der Waals surface area (Å²) in [6, 6.07) is 9.08. The van der Waals surface area contributed by atoms with Crippen molar-refractivity contribution in [2.75, 3.05) is 0 Å². The molecule has 0 aromatic heterocycles. The van der Waals surface area contributed by atoms with Crippen LogP contribution in [-0.4, -0.2) is 17.4 Å². The fourth-order valence-electron chi connectivity index (χ4n) is 1.48. The Morgan fingerprint density at radius 1 is 1.11 bits per heavy atom. The van der Waals surface area contributed by atoms with Crippen molar-refractivity contribution in [1.29, 1.82) is 0 Å². The first-order valence-corrected chi connectivity index (χ1v) is 5.84. The molecule has 0 spiro atoms. The van der Waals surface area contributed by atoms with Crippen molar-refractivity contribution in [1.82, 2.24) is 0 Å². The number of ether oxygens (including phenoxy) is 1. The quantitative estimate of drug-likeness (QED) is 0.468. The maximum atomic E-state index is 12.0. The molecule has 0 aliphatic heterocycles. The summed E-state index contributed by atoms with van der Waals surface area (Å²) in [5, 5.41) is 0. The lowest BCUT2D eigenvalue weighted by Crippen LogP contribution is -2.29. The van der Waals surface area contributed by atoms with Gasteiger partial charge in [-0.1, -0.05) is 36.4 Å². The Hall–Kier alpha value is -1.90. The van der Waals surface area contributed by atoms with Crippen LogP contribution in [0, 0.1) is 0 Å². The summed E-state index contributed by atoms with van der Waals surface area (Å²) in [5.41, 5.74) is 0.420. The second-order valence-electron chi connectivity index (χ2n) is 4.90. The Morgan fingerprint density at radius 3 is 2.11 bits per heavy atom. The van der Waals surface area contributed by atoms with E-state index in [2.05, 4.69) is 0 Å². The Bertz CT molecular complexity index is 464. The van der Waals surface area contributed by atoms with E-state index in [1.54, 1.807) is 45.9 Å². The summed E-state index contributed by atoms with van der Waals surface area (Å²) in [5.74, 6) is -1.43. The summed E-state index contributed by atoms with van der Waals surface area (Å²) in [6.45, 7) is 6.92. The van der Waals surface area contributed by atoms with E-state index in [0.717, 1.165) is 5.56 Å². The molecule has 18 heavy (non-hydrogen) atoms. The molecule has 0 radical (unpaired) electrons. The Kier molecular flexibility index (Phi) is 4.43. The minimum atomic E-state index is -0.820. The molecule has 0 amide bonds. The van der Waals surface area contributed by atoms with Gasteiger partial charge in [-0.2, -0.15) is 0 Å². The molecule has 0 saturated heterocycles. The summed E-state index contributed by atoms with van der Waals surface area (Å²) < 4.78 is 5.07. The molecule has 1 aromatic rings. The molecule has 3 heteroatoms. The minimum absolute atomic E-state index is 0.366. The molecule has 0 aliphatic rings. The first kappa shape index (κ1) is 14.2. The molecular weight excluding hydrogens is 228 g/mol. The van der Waals surface area contributed by atoms with Crippen molar-refractivity contribution in [2.45, 2.75) is 33.3 Å². The molecule has 1 rings (SSSR count). The number of allylic oxidation sites excluding steroid dienone is 1. The van der Waals surface area contributed by atoms with Crippen LogP contribution in [0.25, 0.3) is 5.57 Å². The number of hydrogen-bond acceptors (Lipinski definition) is 3. The van der Waals surface area contributed by atoms with Gasteiger partial charge in [0.1, 0.15) is 5.60 Å². The molecule has 0 heterocycles. The average Bonchev–Trinajstić information content (AvgIpc) is 2.29. The summed E-state index contributed by atoms with van der Waals surface area (Å²) in [6.07, 6.45) is 1.63. The SMILES string of the molecule is C/C=C(\C(=O)C(=O)OC(C)(C)C)c1ccccc1. The van der Waals surface area contributed by atoms with Gasteiger partial charge < -0.3 is 4.74 Å². The zero-order valence-corrected chi connectivity index (χ0v) is 11.2. The number of Topliss-reactive ketones (excluding diaryl/α,β-unsaturated/α-hetero) is 1. The van der Waals surface area contributed by atoms with Gasteiger partial charge in [0, 0.05) is 5.57 Å². The standard InChI is InChI=1S/C15H18O3/c1-5-12(11-9-7-6-8-10-11)13(16)14(17)18-15(2,3)4/h5-10H,1-4H3/b12-5-. The van der Waals surface area contributed by atoms with Gasteiger partial charge in [-0.25, -0.2) is 4.79 Å². The number of hydrogen-bond donors (Lipinski definition) is 0. The molecule has 3 nitrogen and oxygen atoms in total. The molecule has 0 bridgehead atoms. The third kappa shape index (κ3) is 3.84. The monoisotopic (exact) mass is 246 g/mol. The van der Waals surface area contributed by atoms with E-state index in [0.29, 0.717) is 5.57 Å². The molecule has 0 fully saturated rings. The largest absolute Gasteiger partial charge is 0.454 e. The first-order chi connectivity index (χ1) is 8.35. The number of rotatable bonds is 3. The fourth-order valence-corrected chi connectivity index (χ4v) is 1.48. The second kappa shape index (κ2) is 5.63. The van der Waals surface area contributed by atoms with Crippen molar-refractivity contribution < 1.29 is 14.3 Å². The maximum Gasteiger partial charge on any atom is 0.380 e. The topological polar surface area (TPSA) is 43.4 Å². The summed E-state index contributed by atoms with van der Waals surface area (Å²) in [4.78, 5) is 23.7. The molecule has 0 atom stereocenters. The van der Waals surface area contributed by atoms with E-state index in [9.17, 15) is 9.59 Å². The van der Waals surface area contributed by atoms with Gasteiger partial charge in [0.25, 0.3) is 5.78 Å². The van der Waals surface area contributed by atoms with E-state index < -0.39 is 17.4 Å². The van der Waals surface area contributed by atoms with Crippen LogP contribution in [0.2, 0.25) is 0 Å². The highest BCUT2D eigenvalue weighted by Crippen LogP contribution is 2.17. The number of carbonyl (C=O) groups excluding carboxylic acids is 2. The van der Waals surface area contributed by atoms with Crippen LogP contribution in [0.15, 0.2) is 36.4 Å². The number of carbonyl (C=O) groups is 2. The van der Waals surface area contributed by atoms with Crippen molar-refractivity contribution in [3.8, 4) is 0 Å². The molecule has 0 unspecified atom stereocenters. The molecule has 96 valence electrons. The second-order valence-corrected chi connectivity index (χ2v) is 4.90. The third-order valence-electron chi connectivity index (χ3n) is 2.20. The first-order valence-electron chi connectivity index (χ1n) is 5.84. The maximum absolute atomic E-state index is 12.0. The molecule has 0 N–H and O–H groups in total. The fraction of sp³-hybridized carbons (Fsp3) is 0.333. The highest BCUT2D eigenvalue weighted by molar-refractivity contribution is 6.51. The number of ketones is 1. The van der Waals surface area contributed by atoms with Gasteiger partial charge in [0.05, 0.1) is 0 Å². The Morgan fingerprint density at radius 2 is 1.67 bits per heavy atom. The van der Waals surface area contributed by atoms with Crippen LogP contribution in [0.4, 0.5) is 0 Å². The van der Waals surface area contributed by atoms with E-state index in [1.807, 2.05) is 18.2 Å². The van der Waals surface area contributed by atoms with Crippen LogP contribution in [-0.2, 0) is 14.3 Å². The molecule has 0 saturated carbocycles. The zero-order chi connectivity index (χ0) is 13.8. The predicted octanol–water partition coefficient (Wildman–Crippen LogP) is 3.00. The number of benzene rings is 1. The molecule has 0 aliphatic carbocycles.